The van der Waals surface area contributed by atoms with Crippen molar-refractivity contribution in [1.29, 1.82) is 0 Å². The first-order chi connectivity index (χ1) is 14.5. The molecular weight excluding hydrogens is 426 g/mol. The van der Waals surface area contributed by atoms with Gasteiger partial charge in [-0.1, -0.05) is 12.1 Å². The lowest BCUT2D eigenvalue weighted by molar-refractivity contribution is -0.150. The molecule has 1 saturated heterocycles. The minimum Gasteiger partial charge on any atom is -0.464 e. The van der Waals surface area contributed by atoms with Gasteiger partial charge in [-0.2, -0.15) is 0 Å². The van der Waals surface area contributed by atoms with E-state index in [0.717, 1.165) is 27.7 Å². The number of benzene rings is 1. The number of H-pyrrole nitrogens is 1. The number of para-hydroxylation sites is 2. The molecule has 30 heavy (non-hydrogen) atoms. The predicted molar refractivity (Wildman–Crippen MR) is 113 cm³/mol. The summed E-state index contributed by atoms with van der Waals surface area (Å²) in [4.78, 5) is 45.5. The van der Waals surface area contributed by atoms with Crippen LogP contribution in [0.15, 0.2) is 56.0 Å². The zero-order valence-corrected chi connectivity index (χ0v) is 17.7. The molecule has 2 aromatic heterocycles. The van der Waals surface area contributed by atoms with Gasteiger partial charge in [0, 0.05) is 6.08 Å². The first-order valence-corrected chi connectivity index (χ1v) is 10.8. The van der Waals surface area contributed by atoms with Crippen molar-refractivity contribution in [1.82, 2.24) is 14.9 Å². The van der Waals surface area contributed by atoms with E-state index in [1.807, 2.05) is 24.3 Å². The molecule has 1 aromatic carbocycles. The molecule has 0 saturated carbocycles. The van der Waals surface area contributed by atoms with E-state index in [9.17, 15) is 14.4 Å². The number of rotatable bonds is 6. The minimum atomic E-state index is -0.987. The molecule has 2 amide bonds. The molecule has 0 radical (unpaired) electrons. The summed E-state index contributed by atoms with van der Waals surface area (Å²) in [6.45, 7) is 3.30. The number of fused-ring (bicyclic) bond motifs is 1. The standard InChI is InChI=1S/C20H17N3O5S2/c1-3-27-18(25)11(2)23-17(24)15(29-20(23)26)10-12-8-9-16(28-12)30-19-21-13-6-4-5-7-14(13)22-19/h4-11H,3H2,1-2H3,(H,21,22)/b15-10+/t11-/m0/s1. The maximum atomic E-state index is 12.6. The molecule has 4 rings (SSSR count). The Morgan fingerprint density at radius 2 is 2.13 bits per heavy atom. The molecular formula is C20H17N3O5S2. The highest BCUT2D eigenvalue weighted by atomic mass is 32.2. The van der Waals surface area contributed by atoms with Crippen molar-refractivity contribution in [2.24, 2.45) is 0 Å². The van der Waals surface area contributed by atoms with Crippen LogP contribution in [0, 0.1) is 0 Å². The molecule has 0 spiro atoms. The monoisotopic (exact) mass is 443 g/mol. The van der Waals surface area contributed by atoms with E-state index in [4.69, 9.17) is 9.15 Å². The van der Waals surface area contributed by atoms with Crippen LogP contribution < -0.4 is 0 Å². The second kappa shape index (κ2) is 8.41. The fraction of sp³-hybridized carbons (Fsp3) is 0.200. The van der Waals surface area contributed by atoms with Crippen LogP contribution >= 0.6 is 23.5 Å². The number of imidazole rings is 1. The highest BCUT2D eigenvalue weighted by Gasteiger charge is 2.41. The van der Waals surface area contributed by atoms with E-state index in [2.05, 4.69) is 9.97 Å². The lowest BCUT2D eigenvalue weighted by atomic mass is 10.3. The van der Waals surface area contributed by atoms with Crippen molar-refractivity contribution in [3.05, 3.63) is 47.1 Å². The number of carbonyl (C=O) groups is 3. The Morgan fingerprint density at radius 1 is 1.33 bits per heavy atom. The third-order valence-corrected chi connectivity index (χ3v) is 5.97. The van der Waals surface area contributed by atoms with Gasteiger partial charge in [-0.25, -0.2) is 9.78 Å². The number of furan rings is 1. The average molecular weight is 444 g/mol. The zero-order chi connectivity index (χ0) is 21.3. The van der Waals surface area contributed by atoms with E-state index < -0.39 is 23.2 Å². The number of nitrogens with one attached hydrogen (secondary N) is 1. The van der Waals surface area contributed by atoms with Crippen LogP contribution in [0.4, 0.5) is 4.79 Å². The molecule has 1 aliphatic heterocycles. The molecule has 1 fully saturated rings. The number of imide groups is 1. The average Bonchev–Trinajstić information content (AvgIpc) is 3.40. The van der Waals surface area contributed by atoms with Crippen LogP contribution in [-0.4, -0.2) is 44.6 Å². The van der Waals surface area contributed by atoms with E-state index in [1.54, 1.807) is 19.1 Å². The van der Waals surface area contributed by atoms with Crippen LogP contribution in [-0.2, 0) is 14.3 Å². The Labute approximate surface area is 180 Å². The van der Waals surface area contributed by atoms with E-state index in [1.165, 1.54) is 24.8 Å². The molecule has 0 unspecified atom stereocenters. The van der Waals surface area contributed by atoms with Gasteiger partial charge in [-0.15, -0.1) is 0 Å². The first kappa shape index (κ1) is 20.3. The van der Waals surface area contributed by atoms with Crippen LogP contribution in [0.3, 0.4) is 0 Å². The van der Waals surface area contributed by atoms with Gasteiger partial charge in [0.2, 0.25) is 0 Å². The Bertz CT molecular complexity index is 1130. The molecule has 3 heterocycles. The van der Waals surface area contributed by atoms with E-state index in [-0.39, 0.29) is 11.5 Å². The van der Waals surface area contributed by atoms with Gasteiger partial charge in [0.15, 0.2) is 10.2 Å². The Morgan fingerprint density at radius 3 is 2.90 bits per heavy atom. The predicted octanol–water partition coefficient (Wildman–Crippen LogP) is 4.30. The molecule has 1 N–H and O–H groups in total. The second-order valence-corrected chi connectivity index (χ2v) is 8.28. The summed E-state index contributed by atoms with van der Waals surface area (Å²) in [7, 11) is 0. The van der Waals surface area contributed by atoms with Gasteiger partial charge in [0.1, 0.15) is 11.8 Å². The van der Waals surface area contributed by atoms with Gasteiger partial charge in [0.05, 0.1) is 22.5 Å². The molecule has 1 aliphatic rings. The Balaban J connectivity index is 1.49. The summed E-state index contributed by atoms with van der Waals surface area (Å²) in [6.07, 6.45) is 1.49. The fourth-order valence-corrected chi connectivity index (χ4v) is 4.51. The van der Waals surface area contributed by atoms with Crippen molar-refractivity contribution >= 4 is 57.7 Å². The summed E-state index contributed by atoms with van der Waals surface area (Å²) >= 11 is 2.08. The lowest BCUT2D eigenvalue weighted by Crippen LogP contribution is -2.42. The fourth-order valence-electron chi connectivity index (χ4n) is 2.85. The van der Waals surface area contributed by atoms with Gasteiger partial charge >= 0.3 is 5.97 Å². The molecule has 0 aliphatic carbocycles. The van der Waals surface area contributed by atoms with Crippen molar-refractivity contribution < 1.29 is 23.5 Å². The summed E-state index contributed by atoms with van der Waals surface area (Å²) in [5, 5.41) is 0.746. The lowest BCUT2D eigenvalue weighted by Gasteiger charge is -2.19. The quantitative estimate of drug-likeness (QED) is 0.444. The normalized spacial score (nSPS) is 16.6. The number of aromatic amines is 1. The minimum absolute atomic E-state index is 0.174. The molecule has 1 atom stereocenters. The van der Waals surface area contributed by atoms with Crippen molar-refractivity contribution in [2.75, 3.05) is 6.61 Å². The smallest absolute Gasteiger partial charge is 0.329 e. The maximum Gasteiger partial charge on any atom is 0.329 e. The number of aromatic nitrogens is 2. The van der Waals surface area contributed by atoms with E-state index in [0.29, 0.717) is 16.0 Å². The van der Waals surface area contributed by atoms with Gasteiger partial charge in [-0.3, -0.25) is 14.5 Å². The number of thioether (sulfide) groups is 1. The van der Waals surface area contributed by atoms with Crippen LogP contribution in [0.5, 0.6) is 0 Å². The van der Waals surface area contributed by atoms with Gasteiger partial charge in [0.25, 0.3) is 11.1 Å². The number of nitrogens with zero attached hydrogens (tertiary/aromatic N) is 2. The van der Waals surface area contributed by atoms with Crippen LogP contribution in [0.1, 0.15) is 19.6 Å². The number of amides is 2. The molecule has 10 heteroatoms. The van der Waals surface area contributed by atoms with Crippen molar-refractivity contribution in [2.45, 2.75) is 30.1 Å². The summed E-state index contributed by atoms with van der Waals surface area (Å²) < 4.78 is 10.7. The summed E-state index contributed by atoms with van der Waals surface area (Å²) in [5.74, 6) is -0.750. The SMILES string of the molecule is CCOC(=O)[C@H](C)N1C(=O)S/C(=C/c2ccc(Sc3nc4ccccc4[nH]3)o2)C1=O. The van der Waals surface area contributed by atoms with Crippen LogP contribution in [0.2, 0.25) is 0 Å². The van der Waals surface area contributed by atoms with Gasteiger partial charge in [-0.05, 0) is 61.6 Å². The molecule has 0 bridgehead atoms. The highest BCUT2D eigenvalue weighted by Crippen LogP contribution is 2.35. The Kier molecular flexibility index (Phi) is 5.69. The highest BCUT2D eigenvalue weighted by molar-refractivity contribution is 8.18. The zero-order valence-electron chi connectivity index (χ0n) is 16.1. The largest absolute Gasteiger partial charge is 0.464 e. The molecule has 154 valence electrons. The number of hydrogen-bond acceptors (Lipinski definition) is 8. The van der Waals surface area contributed by atoms with Crippen molar-refractivity contribution in [3.8, 4) is 0 Å². The van der Waals surface area contributed by atoms with E-state index >= 15 is 0 Å². The molecule has 3 aromatic rings. The number of carbonyl (C=O) groups excluding carboxylic acids is 3. The number of esters is 1. The Hall–Kier alpha value is -2.98. The second-order valence-electron chi connectivity index (χ2n) is 6.30. The third-order valence-electron chi connectivity index (χ3n) is 4.28. The van der Waals surface area contributed by atoms with Gasteiger partial charge < -0.3 is 14.1 Å². The first-order valence-electron chi connectivity index (χ1n) is 9.12. The topological polar surface area (TPSA) is 106 Å². The molecule has 8 nitrogen and oxygen atoms in total. The van der Waals surface area contributed by atoms with Crippen molar-refractivity contribution in [3.63, 3.8) is 0 Å². The maximum absolute atomic E-state index is 12.6. The van der Waals surface area contributed by atoms with Crippen LogP contribution in [0.25, 0.3) is 17.1 Å². The third kappa shape index (κ3) is 4.01. The number of hydrogen-bond donors (Lipinski definition) is 1. The summed E-state index contributed by atoms with van der Waals surface area (Å²) in [6, 6.07) is 10.2. The number of ether oxygens (including phenoxy) is 1. The summed E-state index contributed by atoms with van der Waals surface area (Å²) in [5.41, 5.74) is 1.78.